The zero-order chi connectivity index (χ0) is 14.7. The van der Waals surface area contributed by atoms with Gasteiger partial charge < -0.3 is 10.5 Å². The summed E-state index contributed by atoms with van der Waals surface area (Å²) in [5, 5.41) is 0. The summed E-state index contributed by atoms with van der Waals surface area (Å²) in [6.07, 6.45) is 2.62. The van der Waals surface area contributed by atoms with Crippen LogP contribution < -0.4 is 10.5 Å². The smallest absolute Gasteiger partial charge is 0.145 e. The van der Waals surface area contributed by atoms with Crippen molar-refractivity contribution >= 4 is 0 Å². The molecule has 0 fully saturated rings. The van der Waals surface area contributed by atoms with E-state index in [1.807, 2.05) is 18.2 Å². The highest BCUT2D eigenvalue weighted by Crippen LogP contribution is 2.28. The molecule has 0 aliphatic carbocycles. The van der Waals surface area contributed by atoms with Crippen LogP contribution in [0.1, 0.15) is 41.8 Å². The Kier molecular flexibility index (Phi) is 4.40. The predicted molar refractivity (Wildman–Crippen MR) is 82.2 cm³/mol. The Morgan fingerprint density at radius 3 is 2.55 bits per heavy atom. The van der Waals surface area contributed by atoms with Gasteiger partial charge in [-0.05, 0) is 62.1 Å². The fraction of sp³-hybridized carbons (Fsp3) is 0.353. The Morgan fingerprint density at radius 2 is 1.95 bits per heavy atom. The Bertz CT molecular complexity index is 591. The minimum Gasteiger partial charge on any atom is -0.455 e. The van der Waals surface area contributed by atoms with Crippen LogP contribution in [-0.4, -0.2) is 4.98 Å². The molecule has 0 saturated heterocycles. The predicted octanol–water partition coefficient (Wildman–Crippen LogP) is 4.21. The van der Waals surface area contributed by atoms with Gasteiger partial charge in [-0.3, -0.25) is 4.98 Å². The molecule has 2 N–H and O–H groups in total. The van der Waals surface area contributed by atoms with Gasteiger partial charge in [0, 0.05) is 6.04 Å². The van der Waals surface area contributed by atoms with E-state index in [9.17, 15) is 0 Å². The number of nitrogens with zero attached hydrogens (tertiary/aromatic N) is 1. The molecular formula is C17H22N2O. The Labute approximate surface area is 120 Å². The van der Waals surface area contributed by atoms with E-state index in [-0.39, 0.29) is 6.04 Å². The average molecular weight is 270 g/mol. The first-order chi connectivity index (χ1) is 9.51. The quantitative estimate of drug-likeness (QED) is 0.905. The van der Waals surface area contributed by atoms with Crippen molar-refractivity contribution in [3.8, 4) is 11.5 Å². The number of benzene rings is 1. The maximum Gasteiger partial charge on any atom is 0.145 e. The van der Waals surface area contributed by atoms with Gasteiger partial charge in [-0.1, -0.05) is 13.0 Å². The van der Waals surface area contributed by atoms with Gasteiger partial charge in [-0.25, -0.2) is 0 Å². The molecule has 0 amide bonds. The maximum atomic E-state index is 5.96. The van der Waals surface area contributed by atoms with Gasteiger partial charge in [0.2, 0.25) is 0 Å². The minimum absolute atomic E-state index is 0.00741. The Morgan fingerprint density at radius 1 is 1.20 bits per heavy atom. The van der Waals surface area contributed by atoms with Crippen LogP contribution in [0.2, 0.25) is 0 Å². The lowest BCUT2D eigenvalue weighted by atomic mass is 10.1. The first-order valence-electron chi connectivity index (χ1n) is 6.98. The Hall–Kier alpha value is -1.87. The van der Waals surface area contributed by atoms with Crippen LogP contribution in [0.4, 0.5) is 0 Å². The largest absolute Gasteiger partial charge is 0.455 e. The summed E-state index contributed by atoms with van der Waals surface area (Å²) in [5.41, 5.74) is 10.4. The van der Waals surface area contributed by atoms with Crippen molar-refractivity contribution in [2.45, 2.75) is 40.2 Å². The zero-order valence-electron chi connectivity index (χ0n) is 12.6. The lowest BCUT2D eigenvalue weighted by Gasteiger charge is -2.13. The molecular weight excluding hydrogens is 248 g/mol. The number of aryl methyl sites for hydroxylation is 2. The number of pyridine rings is 1. The fourth-order valence-corrected chi connectivity index (χ4v) is 2.11. The van der Waals surface area contributed by atoms with E-state index in [1.54, 1.807) is 6.20 Å². The second-order valence-electron chi connectivity index (χ2n) is 5.24. The summed E-state index contributed by atoms with van der Waals surface area (Å²) in [6, 6.07) is 8.06. The zero-order valence-corrected chi connectivity index (χ0v) is 12.6. The molecule has 0 aliphatic heterocycles. The van der Waals surface area contributed by atoms with Gasteiger partial charge in [0.05, 0.1) is 11.9 Å². The molecule has 2 aromatic rings. The van der Waals surface area contributed by atoms with E-state index in [2.05, 4.69) is 38.7 Å². The summed E-state index contributed by atoms with van der Waals surface area (Å²) in [5.74, 6) is 1.63. The van der Waals surface area contributed by atoms with Crippen molar-refractivity contribution in [2.24, 2.45) is 5.73 Å². The molecule has 2 rings (SSSR count). The number of aromatic nitrogens is 1. The standard InChI is InChI=1S/C17H22N2O/c1-5-15(18)16-7-6-14(10-19-16)20-17-9-11(2)8-12(3)13(17)4/h6-10,15H,5,18H2,1-4H3/t15-/m1/s1. The average Bonchev–Trinajstić information content (AvgIpc) is 2.44. The summed E-state index contributed by atoms with van der Waals surface area (Å²) >= 11 is 0. The van der Waals surface area contributed by atoms with Gasteiger partial charge in [-0.2, -0.15) is 0 Å². The maximum absolute atomic E-state index is 5.96. The van der Waals surface area contributed by atoms with Crippen molar-refractivity contribution < 1.29 is 4.74 Å². The van der Waals surface area contributed by atoms with Crippen LogP contribution in [0.3, 0.4) is 0 Å². The highest BCUT2D eigenvalue weighted by atomic mass is 16.5. The van der Waals surface area contributed by atoms with Crippen molar-refractivity contribution in [3.05, 3.63) is 52.8 Å². The highest BCUT2D eigenvalue weighted by molar-refractivity contribution is 5.44. The van der Waals surface area contributed by atoms with Crippen LogP contribution >= 0.6 is 0 Å². The van der Waals surface area contributed by atoms with E-state index in [1.165, 1.54) is 11.1 Å². The van der Waals surface area contributed by atoms with Crippen molar-refractivity contribution in [2.75, 3.05) is 0 Å². The van der Waals surface area contributed by atoms with E-state index < -0.39 is 0 Å². The molecule has 0 unspecified atom stereocenters. The first-order valence-corrected chi connectivity index (χ1v) is 6.98. The number of rotatable bonds is 4. The lowest BCUT2D eigenvalue weighted by molar-refractivity contribution is 0.474. The first kappa shape index (κ1) is 14.5. The molecule has 1 heterocycles. The third kappa shape index (κ3) is 3.17. The van der Waals surface area contributed by atoms with E-state index >= 15 is 0 Å². The van der Waals surface area contributed by atoms with E-state index in [0.29, 0.717) is 0 Å². The van der Waals surface area contributed by atoms with Crippen LogP contribution in [0.5, 0.6) is 11.5 Å². The molecule has 1 aromatic heterocycles. The monoisotopic (exact) mass is 270 g/mol. The van der Waals surface area contributed by atoms with Crippen molar-refractivity contribution in [1.29, 1.82) is 0 Å². The normalized spacial score (nSPS) is 12.2. The van der Waals surface area contributed by atoms with Crippen molar-refractivity contribution in [1.82, 2.24) is 4.98 Å². The van der Waals surface area contributed by atoms with E-state index in [0.717, 1.165) is 29.2 Å². The SMILES string of the molecule is CC[C@@H](N)c1ccc(Oc2cc(C)cc(C)c2C)cn1. The molecule has 1 aromatic carbocycles. The highest BCUT2D eigenvalue weighted by Gasteiger charge is 2.08. The molecule has 3 heteroatoms. The second-order valence-corrected chi connectivity index (χ2v) is 5.24. The van der Waals surface area contributed by atoms with E-state index in [4.69, 9.17) is 10.5 Å². The third-order valence-corrected chi connectivity index (χ3v) is 3.57. The summed E-state index contributed by atoms with van der Waals surface area (Å²) in [4.78, 5) is 4.37. The topological polar surface area (TPSA) is 48.1 Å². The number of hydrogen-bond acceptors (Lipinski definition) is 3. The molecule has 0 bridgehead atoms. The molecule has 1 atom stereocenters. The van der Waals surface area contributed by atoms with Crippen LogP contribution in [-0.2, 0) is 0 Å². The third-order valence-electron chi connectivity index (χ3n) is 3.57. The van der Waals surface area contributed by atoms with Gasteiger partial charge in [-0.15, -0.1) is 0 Å². The number of hydrogen-bond donors (Lipinski definition) is 1. The lowest BCUT2D eigenvalue weighted by Crippen LogP contribution is -2.10. The summed E-state index contributed by atoms with van der Waals surface area (Å²) < 4.78 is 5.94. The van der Waals surface area contributed by atoms with Gasteiger partial charge in [0.25, 0.3) is 0 Å². The molecule has 0 radical (unpaired) electrons. The van der Waals surface area contributed by atoms with Crippen LogP contribution in [0.15, 0.2) is 30.5 Å². The number of ether oxygens (including phenoxy) is 1. The van der Waals surface area contributed by atoms with Crippen LogP contribution in [0, 0.1) is 20.8 Å². The van der Waals surface area contributed by atoms with Crippen LogP contribution in [0.25, 0.3) is 0 Å². The molecule has 20 heavy (non-hydrogen) atoms. The molecule has 0 aliphatic rings. The van der Waals surface area contributed by atoms with Gasteiger partial charge in [0.1, 0.15) is 11.5 Å². The second kappa shape index (κ2) is 6.06. The fourth-order valence-electron chi connectivity index (χ4n) is 2.11. The summed E-state index contributed by atoms with van der Waals surface area (Å²) in [7, 11) is 0. The number of nitrogens with two attached hydrogens (primary N) is 1. The molecule has 0 spiro atoms. The molecule has 0 saturated carbocycles. The molecule has 106 valence electrons. The molecule has 3 nitrogen and oxygen atoms in total. The minimum atomic E-state index is -0.00741. The van der Waals surface area contributed by atoms with Gasteiger partial charge >= 0.3 is 0 Å². The summed E-state index contributed by atoms with van der Waals surface area (Å²) in [6.45, 7) is 8.28. The van der Waals surface area contributed by atoms with Gasteiger partial charge in [0.15, 0.2) is 0 Å². The Balaban J connectivity index is 2.22. The van der Waals surface area contributed by atoms with Crippen molar-refractivity contribution in [3.63, 3.8) is 0 Å².